The number of methoxy groups -OCH3 is 1. The molecule has 12 nitrogen and oxygen atoms in total. The highest BCUT2D eigenvalue weighted by Crippen LogP contribution is 2.34. The van der Waals surface area contributed by atoms with Crippen molar-refractivity contribution in [2.45, 2.75) is 62.3 Å². The Kier molecular flexibility index (Phi) is 10.8. The van der Waals surface area contributed by atoms with E-state index in [0.29, 0.717) is 30.3 Å². The van der Waals surface area contributed by atoms with Crippen molar-refractivity contribution in [1.82, 2.24) is 14.7 Å². The Morgan fingerprint density at radius 3 is 2.53 bits per heavy atom. The zero-order valence-electron chi connectivity index (χ0n) is 26.6. The van der Waals surface area contributed by atoms with Gasteiger partial charge in [0.05, 0.1) is 28.9 Å². The molecule has 0 spiro atoms. The van der Waals surface area contributed by atoms with Crippen molar-refractivity contribution >= 4 is 39.2 Å². The minimum Gasteiger partial charge on any atom is -0.448 e. The molecule has 3 heterocycles. The van der Waals surface area contributed by atoms with Crippen LogP contribution in [0.1, 0.15) is 54.6 Å². The fourth-order valence-corrected chi connectivity index (χ4v) is 7.49. The maximum atomic E-state index is 14.0. The van der Waals surface area contributed by atoms with Gasteiger partial charge in [-0.3, -0.25) is 9.69 Å². The van der Waals surface area contributed by atoms with Gasteiger partial charge in [-0.1, -0.05) is 13.0 Å². The smallest absolute Gasteiger partial charge is 0.436 e. The Morgan fingerprint density at radius 2 is 1.85 bits per heavy atom. The summed E-state index contributed by atoms with van der Waals surface area (Å²) in [7, 11) is -2.66. The van der Waals surface area contributed by atoms with E-state index in [0.717, 1.165) is 54.9 Å². The quantitative estimate of drug-likeness (QED) is 0.248. The summed E-state index contributed by atoms with van der Waals surface area (Å²) in [6.07, 6.45) is 1.84. The van der Waals surface area contributed by atoms with Crippen LogP contribution in [-0.4, -0.2) is 86.3 Å². The number of hydrogen-bond donors (Lipinski definition) is 3. The van der Waals surface area contributed by atoms with Crippen molar-refractivity contribution in [2.75, 3.05) is 55.9 Å². The van der Waals surface area contributed by atoms with E-state index in [2.05, 4.69) is 25.9 Å². The van der Waals surface area contributed by atoms with E-state index in [1.165, 1.54) is 0 Å². The number of fused-ring (bicyclic) bond motifs is 1. The maximum Gasteiger partial charge on any atom is 0.436 e. The number of halogens is 2. The molecule has 15 heteroatoms. The van der Waals surface area contributed by atoms with Crippen LogP contribution in [0, 0.1) is 11.6 Å². The summed E-state index contributed by atoms with van der Waals surface area (Å²) >= 11 is 0. The van der Waals surface area contributed by atoms with Gasteiger partial charge < -0.3 is 25.4 Å². The molecular weight excluding hydrogens is 634 g/mol. The molecule has 3 aromatic rings. The average Bonchev–Trinajstić information content (AvgIpc) is 3.67. The molecule has 5 rings (SSSR count). The number of likely N-dealkylation sites (tertiary alicyclic amines) is 1. The molecule has 1 saturated heterocycles. The number of hydrogen-bond acceptors (Lipinski definition) is 10. The predicted molar refractivity (Wildman–Crippen MR) is 173 cm³/mol. The summed E-state index contributed by atoms with van der Waals surface area (Å²) in [6.45, 7) is 6.85. The number of carbonyl (C=O) groups is 2. The number of nitrogens with zero attached hydrogens (tertiary/aromatic N) is 3. The molecule has 0 bridgehead atoms. The first-order valence-electron chi connectivity index (χ1n) is 15.6. The highest BCUT2D eigenvalue weighted by Gasteiger charge is 2.37. The highest BCUT2D eigenvalue weighted by atomic mass is 32.2. The standard InChI is InChI=1S/C32H40F2N6O6S/c1-4-11-46-32(42)40-30-27(16-25(17-35-30)47(43,44)24-14-22(33)13-23(34)15-24)29(38-40)37-31(41)26-8-7-21(18-39-9-5-6-10-39)12-28(26)36-20(2)19-45-3/h7-8,12-15,20,25,35-36H,4-6,9-11,16-19H2,1-3H3,(H,37,38,41)/t20?,25-/m0/s1. The molecule has 2 aliphatic heterocycles. The van der Waals surface area contributed by atoms with Gasteiger partial charge in [0.25, 0.3) is 5.91 Å². The molecule has 2 atom stereocenters. The van der Waals surface area contributed by atoms with Gasteiger partial charge in [-0.2, -0.15) is 0 Å². The van der Waals surface area contributed by atoms with Gasteiger partial charge in [-0.25, -0.2) is 22.0 Å². The van der Waals surface area contributed by atoms with E-state index in [4.69, 9.17) is 9.47 Å². The molecule has 0 saturated carbocycles. The van der Waals surface area contributed by atoms with Gasteiger partial charge in [0.1, 0.15) is 17.5 Å². The number of rotatable bonds is 12. The fraction of sp³-hybridized carbons (Fsp3) is 0.469. The van der Waals surface area contributed by atoms with Crippen molar-refractivity contribution in [3.05, 3.63) is 64.7 Å². The van der Waals surface area contributed by atoms with Crippen LogP contribution in [0.25, 0.3) is 0 Å². The lowest BCUT2D eigenvalue weighted by atomic mass is 10.1. The molecule has 0 radical (unpaired) electrons. The van der Waals surface area contributed by atoms with Crippen LogP contribution in [0.4, 0.5) is 30.9 Å². The third-order valence-corrected chi connectivity index (χ3v) is 10.2. The van der Waals surface area contributed by atoms with Crippen molar-refractivity contribution in [3.63, 3.8) is 0 Å². The van der Waals surface area contributed by atoms with Crippen LogP contribution in [-0.2, 0) is 32.3 Å². The third kappa shape index (κ3) is 7.91. The number of carbonyl (C=O) groups excluding carboxylic acids is 2. The monoisotopic (exact) mass is 674 g/mol. The molecule has 2 aromatic carbocycles. The minimum atomic E-state index is -4.25. The third-order valence-electron chi connectivity index (χ3n) is 8.10. The number of benzene rings is 2. The Balaban J connectivity index is 1.47. The summed E-state index contributed by atoms with van der Waals surface area (Å²) in [5, 5.41) is 12.2. The van der Waals surface area contributed by atoms with Gasteiger partial charge >= 0.3 is 6.09 Å². The van der Waals surface area contributed by atoms with Gasteiger partial charge in [-0.05, 0) is 75.5 Å². The predicted octanol–water partition coefficient (Wildman–Crippen LogP) is 4.66. The van der Waals surface area contributed by atoms with Crippen molar-refractivity contribution in [3.8, 4) is 0 Å². The molecule has 1 aromatic heterocycles. The molecule has 254 valence electrons. The van der Waals surface area contributed by atoms with E-state index in [9.17, 15) is 26.8 Å². The summed E-state index contributed by atoms with van der Waals surface area (Å²) < 4.78 is 66.4. The highest BCUT2D eigenvalue weighted by molar-refractivity contribution is 7.92. The Labute approximate surface area is 272 Å². The minimum absolute atomic E-state index is 0.0479. The van der Waals surface area contributed by atoms with Crippen molar-refractivity contribution in [2.24, 2.45) is 0 Å². The normalized spacial score (nSPS) is 17.1. The second-order valence-corrected chi connectivity index (χ2v) is 14.1. The van der Waals surface area contributed by atoms with Crippen LogP contribution in [0.15, 0.2) is 41.3 Å². The van der Waals surface area contributed by atoms with E-state index in [1.807, 2.05) is 26.0 Å². The van der Waals surface area contributed by atoms with Crippen molar-refractivity contribution in [1.29, 1.82) is 0 Å². The lowest BCUT2D eigenvalue weighted by Crippen LogP contribution is -2.36. The summed E-state index contributed by atoms with van der Waals surface area (Å²) in [4.78, 5) is 28.6. The number of ether oxygens (including phenoxy) is 2. The van der Waals surface area contributed by atoms with Crippen LogP contribution >= 0.6 is 0 Å². The Bertz CT molecular complexity index is 1710. The van der Waals surface area contributed by atoms with Crippen LogP contribution in [0.2, 0.25) is 0 Å². The zero-order chi connectivity index (χ0) is 33.7. The SMILES string of the molecule is CCCOC(=O)n1nc(NC(=O)c2ccc(CN3CCCC3)cc2NC(C)COC)c2c1NC[C@@H](S(=O)(=O)c1cc(F)cc(F)c1)C2. The molecule has 0 aliphatic carbocycles. The number of nitrogens with one attached hydrogen (secondary N) is 3. The molecular formula is C32H40F2N6O6S. The summed E-state index contributed by atoms with van der Waals surface area (Å²) in [5.74, 6) is -2.48. The van der Waals surface area contributed by atoms with Crippen LogP contribution in [0.5, 0.6) is 0 Å². The van der Waals surface area contributed by atoms with E-state index >= 15 is 0 Å². The molecule has 1 unspecified atom stereocenters. The van der Waals surface area contributed by atoms with E-state index in [1.54, 1.807) is 13.2 Å². The lowest BCUT2D eigenvalue weighted by Gasteiger charge is -2.25. The number of sulfone groups is 1. The largest absolute Gasteiger partial charge is 0.448 e. The second kappa shape index (κ2) is 14.8. The lowest BCUT2D eigenvalue weighted by molar-refractivity contribution is 0.102. The number of anilines is 3. The van der Waals surface area contributed by atoms with Crippen LogP contribution in [0.3, 0.4) is 0 Å². The summed E-state index contributed by atoms with van der Waals surface area (Å²) in [5.41, 5.74) is 2.14. The van der Waals surface area contributed by atoms with Gasteiger partial charge in [0, 0.05) is 43.6 Å². The average molecular weight is 675 g/mol. The molecule has 47 heavy (non-hydrogen) atoms. The zero-order valence-corrected chi connectivity index (χ0v) is 27.5. The Morgan fingerprint density at radius 1 is 1.13 bits per heavy atom. The van der Waals surface area contributed by atoms with E-state index in [-0.39, 0.29) is 42.8 Å². The molecule has 3 N–H and O–H groups in total. The summed E-state index contributed by atoms with van der Waals surface area (Å²) in [6, 6.07) is 7.51. The topological polar surface area (TPSA) is 144 Å². The maximum absolute atomic E-state index is 14.0. The molecule has 2 aliphatic rings. The number of amides is 1. The second-order valence-electron chi connectivity index (χ2n) is 11.9. The van der Waals surface area contributed by atoms with Crippen LogP contribution < -0.4 is 16.0 Å². The Hall–Kier alpha value is -4.08. The molecule has 1 fully saturated rings. The number of aromatic nitrogens is 2. The first-order chi connectivity index (χ1) is 22.5. The first-order valence-corrected chi connectivity index (χ1v) is 17.2. The van der Waals surface area contributed by atoms with Gasteiger partial charge in [0.15, 0.2) is 15.7 Å². The van der Waals surface area contributed by atoms with E-state index < -0.39 is 43.6 Å². The van der Waals surface area contributed by atoms with Gasteiger partial charge in [0.2, 0.25) is 0 Å². The first kappa shape index (κ1) is 34.3. The van der Waals surface area contributed by atoms with Gasteiger partial charge in [-0.15, -0.1) is 9.78 Å². The molecule has 1 amide bonds. The fourth-order valence-electron chi connectivity index (χ4n) is 5.86. The van der Waals surface area contributed by atoms with Crippen molar-refractivity contribution < 1.29 is 36.3 Å².